The van der Waals surface area contributed by atoms with E-state index in [0.717, 1.165) is 15.8 Å². The van der Waals surface area contributed by atoms with E-state index in [1.54, 1.807) is 31.6 Å². The summed E-state index contributed by atoms with van der Waals surface area (Å²) >= 11 is 1.51. The Bertz CT molecular complexity index is 798. The lowest BCUT2D eigenvalue weighted by atomic mass is 10.3. The molecule has 0 spiro atoms. The number of hydrazone groups is 1. The monoisotopic (exact) mass is 325 g/mol. The fraction of sp³-hybridized carbons (Fsp3) is 0.125. The highest BCUT2D eigenvalue weighted by Crippen LogP contribution is 2.25. The molecule has 3 aromatic rings. The number of pyridine rings is 1. The maximum absolute atomic E-state index is 12.0. The van der Waals surface area contributed by atoms with E-state index in [9.17, 15) is 4.79 Å². The minimum atomic E-state index is -0.443. The van der Waals surface area contributed by atoms with Crippen molar-refractivity contribution in [1.82, 2.24) is 15.4 Å². The largest absolute Gasteiger partial charge is 0.350 e. The van der Waals surface area contributed by atoms with E-state index in [1.807, 2.05) is 30.3 Å². The zero-order chi connectivity index (χ0) is 16.1. The van der Waals surface area contributed by atoms with Crippen molar-refractivity contribution in [3.63, 3.8) is 0 Å². The number of hydrogen-bond donors (Lipinski definition) is 2. The van der Waals surface area contributed by atoms with Crippen LogP contribution in [0.1, 0.15) is 12.5 Å². The van der Waals surface area contributed by atoms with Crippen molar-refractivity contribution in [1.29, 1.82) is 0 Å². The van der Waals surface area contributed by atoms with Gasteiger partial charge in [0.1, 0.15) is 6.04 Å². The molecule has 2 aromatic heterocycles. The lowest BCUT2D eigenvalue weighted by Crippen LogP contribution is -2.34. The summed E-state index contributed by atoms with van der Waals surface area (Å²) in [4.78, 5) is 20.4. The van der Waals surface area contributed by atoms with Crippen LogP contribution in [0.3, 0.4) is 0 Å². The Morgan fingerprint density at radius 1 is 1.30 bits per heavy atom. The molecule has 2 N–H and O–H groups in total. The van der Waals surface area contributed by atoms with Gasteiger partial charge in [-0.1, -0.05) is 29.5 Å². The molecule has 0 unspecified atom stereocenters. The first-order valence-electron chi connectivity index (χ1n) is 7.07. The molecule has 0 aliphatic rings. The van der Waals surface area contributed by atoms with Crippen LogP contribution in [0.15, 0.2) is 53.9 Å². The van der Waals surface area contributed by atoms with Gasteiger partial charge in [0.2, 0.25) is 0 Å². The number of carbonyl (C=O) groups is 1. The van der Waals surface area contributed by atoms with Gasteiger partial charge in [-0.3, -0.25) is 9.78 Å². The Balaban J connectivity index is 1.58. The van der Waals surface area contributed by atoms with Crippen LogP contribution in [0.2, 0.25) is 0 Å². The van der Waals surface area contributed by atoms with Crippen molar-refractivity contribution in [3.05, 3.63) is 54.4 Å². The number of aromatic nitrogens is 2. The molecule has 3 rings (SSSR count). The number of carbonyl (C=O) groups excluding carboxylic acids is 1. The van der Waals surface area contributed by atoms with Crippen LogP contribution >= 0.6 is 11.3 Å². The molecular weight excluding hydrogens is 310 g/mol. The van der Waals surface area contributed by atoms with Gasteiger partial charge in [0.25, 0.3) is 5.91 Å². The summed E-state index contributed by atoms with van der Waals surface area (Å²) in [6.07, 6.45) is 4.90. The van der Waals surface area contributed by atoms with E-state index in [-0.39, 0.29) is 5.91 Å². The topological polar surface area (TPSA) is 79.3 Å². The van der Waals surface area contributed by atoms with Crippen LogP contribution in [0.25, 0.3) is 10.2 Å². The van der Waals surface area contributed by atoms with Gasteiger partial charge in [-0.15, -0.1) is 0 Å². The smallest absolute Gasteiger partial charge is 0.262 e. The molecule has 6 nitrogen and oxygen atoms in total. The normalized spacial score (nSPS) is 12.4. The number of nitrogens with zero attached hydrogens (tertiary/aromatic N) is 3. The number of hydrogen-bond acceptors (Lipinski definition) is 6. The summed E-state index contributed by atoms with van der Waals surface area (Å²) in [5, 5.41) is 7.73. The SMILES string of the molecule is C[C@@H](Nc1nc2ccccc2s1)C(=O)N/N=C\c1cccnc1. The summed E-state index contributed by atoms with van der Waals surface area (Å²) in [6, 6.07) is 11.1. The number of anilines is 1. The Labute approximate surface area is 137 Å². The van der Waals surface area contributed by atoms with Gasteiger partial charge in [-0.05, 0) is 25.1 Å². The molecule has 0 saturated heterocycles. The standard InChI is InChI=1S/C16H15N5OS/c1-11(15(22)21-18-10-12-5-4-8-17-9-12)19-16-20-13-6-2-3-7-14(13)23-16/h2-11H,1H3,(H,19,20)(H,21,22)/b18-10-/t11-/m1/s1. The van der Waals surface area contributed by atoms with Crippen LogP contribution in [0, 0.1) is 0 Å². The first kappa shape index (κ1) is 15.1. The molecule has 1 amide bonds. The molecule has 0 saturated carbocycles. The maximum atomic E-state index is 12.0. The van der Waals surface area contributed by atoms with Crippen molar-refractivity contribution in [3.8, 4) is 0 Å². The molecular formula is C16H15N5OS. The van der Waals surface area contributed by atoms with Crippen LogP contribution < -0.4 is 10.7 Å². The first-order chi connectivity index (χ1) is 11.2. The third-order valence-electron chi connectivity index (χ3n) is 3.10. The third kappa shape index (κ3) is 3.89. The predicted molar refractivity (Wildman–Crippen MR) is 92.7 cm³/mol. The van der Waals surface area contributed by atoms with E-state index in [2.05, 4.69) is 25.8 Å². The molecule has 2 heterocycles. The van der Waals surface area contributed by atoms with Crippen LogP contribution in [0.4, 0.5) is 5.13 Å². The fourth-order valence-corrected chi connectivity index (χ4v) is 2.86. The van der Waals surface area contributed by atoms with Gasteiger partial charge >= 0.3 is 0 Å². The number of nitrogens with one attached hydrogen (secondary N) is 2. The van der Waals surface area contributed by atoms with E-state index in [0.29, 0.717) is 5.13 Å². The second-order valence-electron chi connectivity index (χ2n) is 4.87. The highest BCUT2D eigenvalue weighted by atomic mass is 32.1. The van der Waals surface area contributed by atoms with Gasteiger partial charge in [0.05, 0.1) is 16.4 Å². The highest BCUT2D eigenvalue weighted by molar-refractivity contribution is 7.22. The van der Waals surface area contributed by atoms with Gasteiger partial charge in [-0.2, -0.15) is 5.10 Å². The second kappa shape index (κ2) is 6.97. The van der Waals surface area contributed by atoms with Crippen molar-refractivity contribution in [2.24, 2.45) is 5.10 Å². The minimum Gasteiger partial charge on any atom is -0.350 e. The lowest BCUT2D eigenvalue weighted by Gasteiger charge is -2.10. The first-order valence-corrected chi connectivity index (χ1v) is 7.89. The molecule has 1 aromatic carbocycles. The molecule has 0 fully saturated rings. The zero-order valence-corrected chi connectivity index (χ0v) is 13.2. The number of fused-ring (bicyclic) bond motifs is 1. The number of amides is 1. The molecule has 0 aliphatic carbocycles. The van der Waals surface area contributed by atoms with Crippen LogP contribution in [0.5, 0.6) is 0 Å². The molecule has 0 bridgehead atoms. The second-order valence-corrected chi connectivity index (χ2v) is 5.90. The summed E-state index contributed by atoms with van der Waals surface area (Å²) < 4.78 is 1.08. The van der Waals surface area contributed by atoms with Crippen molar-refractivity contribution >= 4 is 38.8 Å². The van der Waals surface area contributed by atoms with E-state index < -0.39 is 6.04 Å². The van der Waals surface area contributed by atoms with Crippen LogP contribution in [-0.4, -0.2) is 28.1 Å². The van der Waals surface area contributed by atoms with Crippen molar-refractivity contribution in [2.75, 3.05) is 5.32 Å². The molecule has 0 radical (unpaired) electrons. The summed E-state index contributed by atoms with van der Waals surface area (Å²) in [6.45, 7) is 1.76. The molecule has 23 heavy (non-hydrogen) atoms. The summed E-state index contributed by atoms with van der Waals surface area (Å²) in [5.74, 6) is -0.232. The van der Waals surface area contributed by atoms with Crippen LogP contribution in [-0.2, 0) is 4.79 Å². The third-order valence-corrected chi connectivity index (χ3v) is 4.07. The Morgan fingerprint density at radius 3 is 2.96 bits per heavy atom. The van der Waals surface area contributed by atoms with Crippen molar-refractivity contribution in [2.45, 2.75) is 13.0 Å². The highest BCUT2D eigenvalue weighted by Gasteiger charge is 2.13. The number of para-hydroxylation sites is 1. The van der Waals surface area contributed by atoms with Gasteiger partial charge in [0.15, 0.2) is 5.13 Å². The Hall–Kier alpha value is -2.80. The lowest BCUT2D eigenvalue weighted by molar-refractivity contribution is -0.121. The number of benzene rings is 1. The minimum absolute atomic E-state index is 0.232. The average Bonchev–Trinajstić information content (AvgIpc) is 2.98. The van der Waals surface area contributed by atoms with E-state index >= 15 is 0 Å². The van der Waals surface area contributed by atoms with Crippen molar-refractivity contribution < 1.29 is 4.79 Å². The van der Waals surface area contributed by atoms with E-state index in [1.165, 1.54) is 11.3 Å². The van der Waals surface area contributed by atoms with Gasteiger partial charge in [-0.25, -0.2) is 10.4 Å². The molecule has 0 aliphatic heterocycles. The van der Waals surface area contributed by atoms with Gasteiger partial charge < -0.3 is 5.32 Å². The molecule has 1 atom stereocenters. The number of rotatable bonds is 5. The predicted octanol–water partition coefficient (Wildman–Crippen LogP) is 2.64. The maximum Gasteiger partial charge on any atom is 0.262 e. The Kier molecular flexibility index (Phi) is 4.58. The quantitative estimate of drug-likeness (QED) is 0.558. The molecule has 116 valence electrons. The molecule has 7 heteroatoms. The number of thiazole rings is 1. The fourth-order valence-electron chi connectivity index (χ4n) is 1.90. The Morgan fingerprint density at radius 2 is 2.17 bits per heavy atom. The van der Waals surface area contributed by atoms with E-state index in [4.69, 9.17) is 0 Å². The zero-order valence-electron chi connectivity index (χ0n) is 12.4. The average molecular weight is 325 g/mol. The summed E-state index contributed by atoms with van der Waals surface area (Å²) in [7, 11) is 0. The summed E-state index contributed by atoms with van der Waals surface area (Å²) in [5.41, 5.74) is 4.24. The van der Waals surface area contributed by atoms with Gasteiger partial charge in [0, 0.05) is 18.0 Å².